The number of benzene rings is 1. The molecule has 2 N–H and O–H groups in total. The van der Waals surface area contributed by atoms with Gasteiger partial charge in [0.15, 0.2) is 17.5 Å². The first-order valence-electron chi connectivity index (χ1n) is 11.0. The lowest BCUT2D eigenvalue weighted by molar-refractivity contribution is -0.144. The van der Waals surface area contributed by atoms with Crippen molar-refractivity contribution < 1.29 is 22.0 Å². The molecule has 0 aliphatic rings. The van der Waals surface area contributed by atoms with Crippen LogP contribution in [0.15, 0.2) is 43.1 Å². The smallest absolute Gasteiger partial charge is 0.382 e. The van der Waals surface area contributed by atoms with Crippen molar-refractivity contribution in [2.45, 2.75) is 25.4 Å². The highest BCUT2D eigenvalue weighted by Gasteiger charge is 2.35. The van der Waals surface area contributed by atoms with Gasteiger partial charge in [0.1, 0.15) is 17.9 Å². The van der Waals surface area contributed by atoms with Gasteiger partial charge >= 0.3 is 6.18 Å². The quantitative estimate of drug-likeness (QED) is 0.339. The summed E-state index contributed by atoms with van der Waals surface area (Å²) in [4.78, 5) is 10.8. The van der Waals surface area contributed by atoms with Crippen molar-refractivity contribution in [3.63, 3.8) is 0 Å². The van der Waals surface area contributed by atoms with Gasteiger partial charge in [0.25, 0.3) is 0 Å². The second kappa shape index (κ2) is 9.14. The Balaban J connectivity index is 1.69. The van der Waals surface area contributed by atoms with Crippen LogP contribution in [0.5, 0.6) is 0 Å². The van der Waals surface area contributed by atoms with Crippen molar-refractivity contribution in [1.29, 1.82) is 5.26 Å². The Kier molecular flexibility index (Phi) is 5.94. The first-order chi connectivity index (χ1) is 18.1. The number of halogens is 5. The summed E-state index contributed by atoms with van der Waals surface area (Å²) < 4.78 is 68.8. The molecule has 0 aliphatic carbocycles. The van der Waals surface area contributed by atoms with Gasteiger partial charge in [0.2, 0.25) is 5.82 Å². The molecule has 1 aromatic carbocycles. The summed E-state index contributed by atoms with van der Waals surface area (Å²) in [6, 6.07) is 5.33. The molecular weight excluding hydrogens is 511 g/mol. The summed E-state index contributed by atoms with van der Waals surface area (Å²) in [5.41, 5.74) is 7.50. The molecule has 5 rings (SSSR count). The highest BCUT2D eigenvalue weighted by atomic mass is 19.4. The number of hydrogen-bond donors (Lipinski definition) is 1. The zero-order chi connectivity index (χ0) is 27.2. The van der Waals surface area contributed by atoms with Crippen molar-refractivity contribution in [3.05, 3.63) is 77.5 Å². The Morgan fingerprint density at radius 1 is 1.11 bits per heavy atom. The summed E-state index contributed by atoms with van der Waals surface area (Å²) in [5, 5.41) is 22.6. The SMILES string of the molecule is CCC(c1cn(-c2ccc(F)c(F)c2)nn1)c1c(C#N)c(-c2cnc(C(F)(F)F)nc2)c2c(N)ncnn12. The largest absolute Gasteiger partial charge is 0.451 e. The van der Waals surface area contributed by atoms with Crippen LogP contribution in [-0.2, 0) is 6.18 Å². The van der Waals surface area contributed by atoms with E-state index in [-0.39, 0.29) is 33.7 Å². The number of hydrogen-bond acceptors (Lipinski definition) is 8. The molecule has 0 fully saturated rings. The second-order valence-electron chi connectivity index (χ2n) is 8.09. The zero-order valence-corrected chi connectivity index (χ0v) is 19.3. The minimum Gasteiger partial charge on any atom is -0.382 e. The number of nitrogens with zero attached hydrogens (tertiary/aromatic N) is 9. The highest BCUT2D eigenvalue weighted by Crippen LogP contribution is 2.40. The van der Waals surface area contributed by atoms with Crippen LogP contribution in [0.4, 0.5) is 27.8 Å². The summed E-state index contributed by atoms with van der Waals surface area (Å²) in [6.45, 7) is 1.81. The summed E-state index contributed by atoms with van der Waals surface area (Å²) in [6.07, 6.45) is 0.187. The number of nitrogens with two attached hydrogens (primary N) is 1. The molecule has 0 saturated carbocycles. The van der Waals surface area contributed by atoms with Gasteiger partial charge in [-0.3, -0.25) is 0 Å². The van der Waals surface area contributed by atoms with E-state index in [0.29, 0.717) is 17.8 Å². The molecule has 5 aromatic rings. The molecule has 1 atom stereocenters. The normalized spacial score (nSPS) is 12.6. The minimum atomic E-state index is -4.75. The molecule has 192 valence electrons. The minimum absolute atomic E-state index is 0.0297. The van der Waals surface area contributed by atoms with Crippen LogP contribution < -0.4 is 5.73 Å². The molecule has 0 amide bonds. The number of nitrogen functional groups attached to an aromatic ring is 1. The topological polar surface area (TPSA) is 136 Å². The lowest BCUT2D eigenvalue weighted by atomic mass is 9.93. The Bertz CT molecular complexity index is 1700. The third-order valence-electron chi connectivity index (χ3n) is 5.87. The van der Waals surface area contributed by atoms with Crippen LogP contribution >= 0.6 is 0 Å². The zero-order valence-electron chi connectivity index (χ0n) is 19.3. The number of alkyl halides is 3. The lowest BCUT2D eigenvalue weighted by Gasteiger charge is -2.12. The number of fused-ring (bicyclic) bond motifs is 1. The van der Waals surface area contributed by atoms with Crippen molar-refractivity contribution in [1.82, 2.24) is 39.6 Å². The molecule has 4 heterocycles. The van der Waals surface area contributed by atoms with Crippen LogP contribution in [0.2, 0.25) is 0 Å². The summed E-state index contributed by atoms with van der Waals surface area (Å²) in [5.74, 6) is -4.07. The van der Waals surface area contributed by atoms with Crippen molar-refractivity contribution in [2.24, 2.45) is 0 Å². The molecular formula is C23H15F5N10. The van der Waals surface area contributed by atoms with Gasteiger partial charge in [-0.05, 0) is 18.6 Å². The second-order valence-corrected chi connectivity index (χ2v) is 8.09. The van der Waals surface area contributed by atoms with Gasteiger partial charge in [0.05, 0.1) is 28.8 Å². The number of nitriles is 1. The van der Waals surface area contributed by atoms with Crippen molar-refractivity contribution >= 4 is 11.3 Å². The standard InChI is InChI=1S/C23H15F5N10/c1-2-13(17-9-37(36-35-17)12-3-4-15(24)16(25)5-12)19-14(6-29)18(20-21(30)33-10-34-38(19)20)11-7-31-22(32-8-11)23(26,27)28/h3-5,7-10,13H,2H2,1H3,(H2,30,33,34). The van der Waals surface area contributed by atoms with Gasteiger partial charge in [-0.25, -0.2) is 32.9 Å². The maximum Gasteiger partial charge on any atom is 0.451 e. The average Bonchev–Trinajstić information content (AvgIpc) is 3.50. The first kappa shape index (κ1) is 24.7. The fraction of sp³-hybridized carbons (Fsp3) is 0.174. The van der Waals surface area contributed by atoms with E-state index < -0.39 is 29.6 Å². The van der Waals surface area contributed by atoms with Crippen LogP contribution in [0.3, 0.4) is 0 Å². The van der Waals surface area contributed by atoms with E-state index in [4.69, 9.17) is 5.73 Å². The number of rotatable bonds is 5. The van der Waals surface area contributed by atoms with Crippen LogP contribution in [0.1, 0.15) is 42.0 Å². The van der Waals surface area contributed by atoms with Gasteiger partial charge in [-0.1, -0.05) is 12.1 Å². The molecule has 0 aliphatic heterocycles. The van der Waals surface area contributed by atoms with E-state index in [1.807, 2.05) is 6.92 Å². The first-order valence-corrected chi connectivity index (χ1v) is 11.0. The Morgan fingerprint density at radius 3 is 2.47 bits per heavy atom. The molecule has 0 bridgehead atoms. The third kappa shape index (κ3) is 4.05. The highest BCUT2D eigenvalue weighted by molar-refractivity contribution is 5.92. The van der Waals surface area contributed by atoms with Gasteiger partial charge in [-0.2, -0.15) is 23.5 Å². The maximum absolute atomic E-state index is 13.8. The monoisotopic (exact) mass is 526 g/mol. The average molecular weight is 526 g/mol. The molecule has 0 spiro atoms. The fourth-order valence-corrected chi connectivity index (χ4v) is 4.19. The van der Waals surface area contributed by atoms with E-state index >= 15 is 0 Å². The van der Waals surface area contributed by atoms with Crippen LogP contribution in [-0.4, -0.2) is 39.6 Å². The molecule has 10 nitrogen and oxygen atoms in total. The molecule has 38 heavy (non-hydrogen) atoms. The molecule has 1 unspecified atom stereocenters. The Hall–Kier alpha value is -5.00. The van der Waals surface area contributed by atoms with Crippen LogP contribution in [0, 0.1) is 23.0 Å². The third-order valence-corrected chi connectivity index (χ3v) is 5.87. The van der Waals surface area contributed by atoms with Gasteiger partial charge in [0, 0.05) is 35.5 Å². The Morgan fingerprint density at radius 2 is 1.84 bits per heavy atom. The molecule has 0 saturated heterocycles. The predicted molar refractivity (Wildman–Crippen MR) is 122 cm³/mol. The van der Waals surface area contributed by atoms with E-state index in [0.717, 1.165) is 24.5 Å². The van der Waals surface area contributed by atoms with E-state index in [9.17, 15) is 27.2 Å². The summed E-state index contributed by atoms with van der Waals surface area (Å²) in [7, 11) is 0. The lowest BCUT2D eigenvalue weighted by Crippen LogP contribution is -2.10. The molecule has 4 aromatic heterocycles. The predicted octanol–water partition coefficient (Wildman–Crippen LogP) is 4.06. The fourth-order valence-electron chi connectivity index (χ4n) is 4.19. The Labute approximate surface area is 210 Å². The van der Waals surface area contributed by atoms with E-state index in [1.165, 1.54) is 27.8 Å². The maximum atomic E-state index is 13.8. The number of anilines is 1. The van der Waals surface area contributed by atoms with Gasteiger partial charge < -0.3 is 5.73 Å². The van der Waals surface area contributed by atoms with E-state index in [2.05, 4.69) is 36.4 Å². The molecule has 15 heteroatoms. The van der Waals surface area contributed by atoms with Crippen molar-refractivity contribution in [2.75, 3.05) is 5.73 Å². The molecule has 0 radical (unpaired) electrons. The van der Waals surface area contributed by atoms with Crippen molar-refractivity contribution in [3.8, 4) is 22.9 Å². The number of aromatic nitrogens is 8. The summed E-state index contributed by atoms with van der Waals surface area (Å²) >= 11 is 0. The van der Waals surface area contributed by atoms with Crippen LogP contribution in [0.25, 0.3) is 22.3 Å². The van der Waals surface area contributed by atoms with E-state index in [1.54, 1.807) is 0 Å². The van der Waals surface area contributed by atoms with Gasteiger partial charge in [-0.15, -0.1) is 5.10 Å².